The zero-order valence-electron chi connectivity index (χ0n) is 11.5. The van der Waals surface area contributed by atoms with Gasteiger partial charge in [-0.25, -0.2) is 12.2 Å². The maximum absolute atomic E-state index is 9.18. The third kappa shape index (κ3) is 10.3. The first-order valence-corrected chi connectivity index (χ1v) is 5.51. The van der Waals surface area contributed by atoms with Crippen LogP contribution in [0.4, 0.5) is 0 Å². The van der Waals surface area contributed by atoms with Crippen molar-refractivity contribution in [2.75, 3.05) is 0 Å². The quantitative estimate of drug-likeness (QED) is 0.430. The van der Waals surface area contributed by atoms with Crippen molar-refractivity contribution in [3.8, 4) is 5.75 Å². The van der Waals surface area contributed by atoms with Gasteiger partial charge in [0.1, 0.15) is 5.75 Å². The maximum Gasteiger partial charge on any atom is 0.115 e. The number of halogens is 2. The van der Waals surface area contributed by atoms with Gasteiger partial charge in [-0.1, -0.05) is 32.9 Å². The van der Waals surface area contributed by atoms with Crippen LogP contribution in [-0.4, -0.2) is 5.11 Å². The third-order valence-electron chi connectivity index (χ3n) is 2.30. The number of rotatable bonds is 0. The minimum Gasteiger partial charge on any atom is -1.00 e. The van der Waals surface area contributed by atoms with Crippen molar-refractivity contribution in [2.24, 2.45) is 0 Å². The van der Waals surface area contributed by atoms with Gasteiger partial charge >= 0.3 is 0 Å². The second kappa shape index (κ2) is 11.6. The fourth-order valence-corrected chi connectivity index (χ4v) is 1.31. The molecular formula is C15H19Cl2OTi-3. The van der Waals surface area contributed by atoms with Crippen molar-refractivity contribution >= 4 is 0 Å². The van der Waals surface area contributed by atoms with Crippen LogP contribution in [0.15, 0.2) is 42.5 Å². The molecule has 106 valence electrons. The van der Waals surface area contributed by atoms with E-state index in [2.05, 4.69) is 32.9 Å². The van der Waals surface area contributed by atoms with E-state index in [0.29, 0.717) is 5.75 Å². The van der Waals surface area contributed by atoms with E-state index < -0.39 is 0 Å². The zero-order valence-corrected chi connectivity index (χ0v) is 14.5. The van der Waals surface area contributed by atoms with E-state index in [-0.39, 0.29) is 51.9 Å². The molecule has 0 aliphatic heterocycles. The van der Waals surface area contributed by atoms with Crippen molar-refractivity contribution in [3.63, 3.8) is 0 Å². The van der Waals surface area contributed by atoms with Crippen LogP contribution in [0.3, 0.4) is 0 Å². The van der Waals surface area contributed by atoms with Crippen LogP contribution in [-0.2, 0) is 27.1 Å². The molecule has 1 nitrogen and oxygen atoms in total. The number of hydrogen-bond acceptors (Lipinski definition) is 1. The molecule has 0 saturated carbocycles. The number of hydrogen-bond donors (Lipinski definition) is 1. The molecule has 4 heteroatoms. The van der Waals surface area contributed by atoms with Gasteiger partial charge in [-0.2, -0.15) is 6.08 Å². The molecule has 2 rings (SSSR count). The molecule has 0 heterocycles. The summed E-state index contributed by atoms with van der Waals surface area (Å²) >= 11 is 0. The van der Waals surface area contributed by atoms with E-state index in [1.807, 2.05) is 24.3 Å². The summed E-state index contributed by atoms with van der Waals surface area (Å²) in [6.45, 7) is 6.38. The third-order valence-corrected chi connectivity index (χ3v) is 2.30. The van der Waals surface area contributed by atoms with Gasteiger partial charge in [-0.05, 0) is 23.1 Å². The second-order valence-electron chi connectivity index (χ2n) is 4.80. The molecule has 1 aromatic rings. The van der Waals surface area contributed by atoms with E-state index in [1.54, 1.807) is 12.1 Å². The van der Waals surface area contributed by atoms with Crippen molar-refractivity contribution in [1.82, 2.24) is 0 Å². The Labute approximate surface area is 143 Å². The number of benzene rings is 1. The molecule has 1 aliphatic carbocycles. The molecule has 1 N–H and O–H groups in total. The summed E-state index contributed by atoms with van der Waals surface area (Å²) in [5.74, 6) is 0.345. The molecule has 0 atom stereocenters. The van der Waals surface area contributed by atoms with Gasteiger partial charge in [0.25, 0.3) is 0 Å². The summed E-state index contributed by atoms with van der Waals surface area (Å²) in [7, 11) is 0. The van der Waals surface area contributed by atoms with Crippen LogP contribution in [0.5, 0.6) is 5.75 Å². The van der Waals surface area contributed by atoms with Crippen molar-refractivity contribution in [1.29, 1.82) is 0 Å². The molecule has 0 spiro atoms. The van der Waals surface area contributed by atoms with Crippen LogP contribution < -0.4 is 24.8 Å². The predicted octanol–water partition coefficient (Wildman–Crippen LogP) is -2.00. The van der Waals surface area contributed by atoms with Gasteiger partial charge in [-0.15, -0.1) is 6.42 Å². The van der Waals surface area contributed by atoms with Gasteiger partial charge in [0.05, 0.1) is 0 Å². The molecule has 0 amide bonds. The molecule has 0 saturated heterocycles. The summed E-state index contributed by atoms with van der Waals surface area (Å²) in [5, 5.41) is 9.18. The zero-order chi connectivity index (χ0) is 12.0. The average molecular weight is 334 g/mol. The molecule has 0 radical (unpaired) electrons. The minimum absolute atomic E-state index is 0. The summed E-state index contributed by atoms with van der Waals surface area (Å²) in [6, 6.07) is 7.39. The van der Waals surface area contributed by atoms with Crippen molar-refractivity contribution in [2.45, 2.75) is 32.6 Å². The summed E-state index contributed by atoms with van der Waals surface area (Å²) in [4.78, 5) is 0. The predicted molar refractivity (Wildman–Crippen MR) is 68.4 cm³/mol. The van der Waals surface area contributed by atoms with Crippen LogP contribution in [0, 0.1) is 6.08 Å². The van der Waals surface area contributed by atoms with Crippen molar-refractivity contribution < 1.29 is 51.6 Å². The summed E-state index contributed by atoms with van der Waals surface area (Å²) < 4.78 is 0. The van der Waals surface area contributed by atoms with E-state index in [4.69, 9.17) is 0 Å². The van der Waals surface area contributed by atoms with Crippen LogP contribution in [0.1, 0.15) is 32.8 Å². The number of allylic oxidation sites excluding steroid dienone is 4. The maximum atomic E-state index is 9.18. The fourth-order valence-electron chi connectivity index (χ4n) is 1.31. The van der Waals surface area contributed by atoms with Gasteiger partial charge in [-0.3, -0.25) is 6.08 Å². The largest absolute Gasteiger partial charge is 1.00 e. The van der Waals surface area contributed by atoms with Gasteiger partial charge in [0.15, 0.2) is 0 Å². The monoisotopic (exact) mass is 333 g/mol. The number of aromatic hydroxyl groups is 1. The first-order valence-electron chi connectivity index (χ1n) is 5.51. The molecule has 0 bridgehead atoms. The standard InChI is InChI=1S/C10H14O.C5H5.2ClH.Ti/c1-10(2,3)8-5-4-6-9(11)7-8;1-2-4-5-3-1;;;/h4-7,11H,1-3H3;1-3H,4H2;2*1H;/q;-1;;;/p-2. The molecule has 1 aromatic carbocycles. The Bertz CT molecular complexity index is 385. The molecular weight excluding hydrogens is 315 g/mol. The SMILES string of the molecule is CC(C)(C)c1cccc(O)c1.[C-]1=CC=CC1.[Cl-].[Cl-].[Ti]. The van der Waals surface area contributed by atoms with E-state index in [0.717, 1.165) is 12.0 Å². The van der Waals surface area contributed by atoms with Crippen LogP contribution in [0.25, 0.3) is 0 Å². The number of phenolic OH excluding ortho intramolecular Hbond substituents is 1. The number of phenols is 1. The van der Waals surface area contributed by atoms with E-state index in [9.17, 15) is 5.11 Å². The Kier molecular flexibility index (Phi) is 14.6. The Hall–Kier alpha value is -0.206. The fraction of sp³-hybridized carbons (Fsp3) is 0.333. The minimum atomic E-state index is 0. The van der Waals surface area contributed by atoms with Gasteiger partial charge < -0.3 is 29.9 Å². The van der Waals surface area contributed by atoms with Gasteiger partial charge in [0, 0.05) is 21.7 Å². The molecule has 0 unspecified atom stereocenters. The second-order valence-corrected chi connectivity index (χ2v) is 4.80. The van der Waals surface area contributed by atoms with E-state index in [1.165, 1.54) is 0 Å². The van der Waals surface area contributed by atoms with Gasteiger partial charge in [0.2, 0.25) is 0 Å². The Morgan fingerprint density at radius 3 is 2.05 bits per heavy atom. The molecule has 19 heavy (non-hydrogen) atoms. The Morgan fingerprint density at radius 2 is 1.79 bits per heavy atom. The molecule has 1 aliphatic rings. The average Bonchev–Trinajstić information content (AvgIpc) is 2.74. The smallest absolute Gasteiger partial charge is 0.115 e. The van der Waals surface area contributed by atoms with E-state index >= 15 is 0 Å². The first kappa shape index (κ1) is 23.9. The summed E-state index contributed by atoms with van der Waals surface area (Å²) in [6.07, 6.45) is 10.0. The van der Waals surface area contributed by atoms with Crippen LogP contribution in [0.2, 0.25) is 0 Å². The Morgan fingerprint density at radius 1 is 1.16 bits per heavy atom. The summed E-state index contributed by atoms with van der Waals surface area (Å²) in [5.41, 5.74) is 1.29. The first-order chi connectivity index (χ1) is 7.50. The van der Waals surface area contributed by atoms with Crippen molar-refractivity contribution in [3.05, 3.63) is 54.1 Å². The normalized spacial score (nSPS) is 11.3. The molecule has 0 aromatic heterocycles. The topological polar surface area (TPSA) is 20.2 Å². The van der Waals surface area contributed by atoms with Crippen LogP contribution >= 0.6 is 0 Å². The molecule has 0 fully saturated rings. The Balaban J connectivity index is -0.000000277.